The predicted octanol–water partition coefficient (Wildman–Crippen LogP) is 4.97. The van der Waals surface area contributed by atoms with Gasteiger partial charge >= 0.3 is 0 Å². The standard InChI is InChI=1S/C22H23NO/c1-15-14-21(24)23(16(2)17-8-4-3-5-9-17)22-19(15)13-12-18-10-6-7-11-20(18)22/h3-11,15-16H,12-14H2,1-2H3/t15-,16+/m0/s1. The number of aryl methyl sites for hydroxylation is 1. The lowest BCUT2D eigenvalue weighted by molar-refractivity contribution is -0.131. The number of carbonyl (C=O) groups excluding carboxylic acids is 1. The van der Waals surface area contributed by atoms with Crippen molar-refractivity contribution in [2.24, 2.45) is 5.92 Å². The van der Waals surface area contributed by atoms with Gasteiger partial charge in [-0.05, 0) is 42.4 Å². The normalized spacial score (nSPS) is 21.3. The van der Waals surface area contributed by atoms with Crippen LogP contribution in [-0.2, 0) is 11.2 Å². The lowest BCUT2D eigenvalue weighted by Crippen LogP contribution is -2.39. The molecule has 122 valence electrons. The molecule has 0 unspecified atom stereocenters. The molecule has 1 amide bonds. The highest BCUT2D eigenvalue weighted by atomic mass is 16.2. The van der Waals surface area contributed by atoms with E-state index in [4.69, 9.17) is 0 Å². The molecule has 0 fully saturated rings. The lowest BCUT2D eigenvalue weighted by Gasteiger charge is -2.42. The number of amides is 1. The summed E-state index contributed by atoms with van der Waals surface area (Å²) in [5.74, 6) is 0.592. The van der Waals surface area contributed by atoms with Gasteiger partial charge in [0.15, 0.2) is 0 Å². The maximum Gasteiger partial charge on any atom is 0.228 e. The Labute approximate surface area is 143 Å². The van der Waals surface area contributed by atoms with Crippen molar-refractivity contribution in [1.82, 2.24) is 4.90 Å². The fourth-order valence-electron chi connectivity index (χ4n) is 4.19. The third-order valence-electron chi connectivity index (χ3n) is 5.49. The second kappa shape index (κ2) is 5.94. The summed E-state index contributed by atoms with van der Waals surface area (Å²) in [7, 11) is 0. The van der Waals surface area contributed by atoms with Crippen molar-refractivity contribution >= 4 is 11.6 Å². The Hall–Kier alpha value is -2.35. The minimum Gasteiger partial charge on any atom is -0.305 e. The first-order valence-corrected chi connectivity index (χ1v) is 8.85. The van der Waals surface area contributed by atoms with Gasteiger partial charge in [0.2, 0.25) is 5.91 Å². The first-order valence-electron chi connectivity index (χ1n) is 8.85. The molecule has 0 aromatic heterocycles. The van der Waals surface area contributed by atoms with Crippen LogP contribution in [0.2, 0.25) is 0 Å². The van der Waals surface area contributed by atoms with Crippen molar-refractivity contribution in [3.63, 3.8) is 0 Å². The highest BCUT2D eigenvalue weighted by molar-refractivity contribution is 5.92. The summed E-state index contributed by atoms with van der Waals surface area (Å²) in [6, 6.07) is 19.0. The zero-order chi connectivity index (χ0) is 16.7. The summed E-state index contributed by atoms with van der Waals surface area (Å²) >= 11 is 0. The maximum absolute atomic E-state index is 13.0. The van der Waals surface area contributed by atoms with E-state index in [0.29, 0.717) is 12.3 Å². The zero-order valence-electron chi connectivity index (χ0n) is 14.3. The molecule has 0 N–H and O–H groups in total. The van der Waals surface area contributed by atoms with E-state index in [0.717, 1.165) is 12.8 Å². The summed E-state index contributed by atoms with van der Waals surface area (Å²) < 4.78 is 0. The molecule has 4 rings (SSSR count). The van der Waals surface area contributed by atoms with Gasteiger partial charge in [-0.3, -0.25) is 4.79 Å². The van der Waals surface area contributed by atoms with Crippen LogP contribution in [0.1, 0.15) is 49.4 Å². The lowest BCUT2D eigenvalue weighted by atomic mass is 9.79. The Balaban J connectivity index is 1.86. The summed E-state index contributed by atoms with van der Waals surface area (Å²) in [6.07, 6.45) is 2.78. The fraction of sp³-hybridized carbons (Fsp3) is 0.318. The van der Waals surface area contributed by atoms with Crippen molar-refractivity contribution in [2.75, 3.05) is 0 Å². The quantitative estimate of drug-likeness (QED) is 0.765. The molecule has 1 aliphatic carbocycles. The highest BCUT2D eigenvalue weighted by Crippen LogP contribution is 2.44. The van der Waals surface area contributed by atoms with Gasteiger partial charge in [-0.25, -0.2) is 0 Å². The second-order valence-corrected chi connectivity index (χ2v) is 6.99. The number of fused-ring (bicyclic) bond motifs is 2. The Bertz CT molecular complexity index is 806. The first kappa shape index (κ1) is 15.2. The summed E-state index contributed by atoms with van der Waals surface area (Å²) in [6.45, 7) is 4.34. The molecule has 24 heavy (non-hydrogen) atoms. The average molecular weight is 317 g/mol. The molecule has 0 spiro atoms. The molecule has 2 aliphatic rings. The van der Waals surface area contributed by atoms with Gasteiger partial charge in [0, 0.05) is 12.0 Å². The Morgan fingerprint density at radius 1 is 1.00 bits per heavy atom. The van der Waals surface area contributed by atoms with E-state index < -0.39 is 0 Å². The first-order chi connectivity index (χ1) is 11.7. The smallest absolute Gasteiger partial charge is 0.228 e. The van der Waals surface area contributed by atoms with Crippen molar-refractivity contribution in [2.45, 2.75) is 39.2 Å². The van der Waals surface area contributed by atoms with Crippen molar-refractivity contribution in [1.29, 1.82) is 0 Å². The van der Waals surface area contributed by atoms with Crippen LogP contribution in [-0.4, -0.2) is 10.8 Å². The molecule has 0 saturated heterocycles. The van der Waals surface area contributed by atoms with E-state index in [1.54, 1.807) is 0 Å². The van der Waals surface area contributed by atoms with E-state index in [9.17, 15) is 4.79 Å². The van der Waals surface area contributed by atoms with E-state index >= 15 is 0 Å². The molecule has 2 aromatic carbocycles. The van der Waals surface area contributed by atoms with E-state index in [1.165, 1.54) is 28.0 Å². The van der Waals surface area contributed by atoms with E-state index in [-0.39, 0.29) is 11.9 Å². The molecule has 0 radical (unpaired) electrons. The maximum atomic E-state index is 13.0. The van der Waals surface area contributed by atoms with Crippen LogP contribution in [0.25, 0.3) is 5.70 Å². The number of hydrogen-bond donors (Lipinski definition) is 0. The van der Waals surface area contributed by atoms with Crippen LogP contribution in [0, 0.1) is 5.92 Å². The minimum atomic E-state index is 0.0577. The average Bonchev–Trinajstić information content (AvgIpc) is 2.62. The molecule has 0 bridgehead atoms. The SMILES string of the molecule is C[C@H](c1ccccc1)N1C(=O)C[C@H](C)C2=C1c1ccccc1CC2. The fourth-order valence-corrected chi connectivity index (χ4v) is 4.19. The van der Waals surface area contributed by atoms with Crippen molar-refractivity contribution in [3.05, 3.63) is 76.9 Å². The molecule has 2 aromatic rings. The van der Waals surface area contributed by atoms with Gasteiger partial charge in [0.25, 0.3) is 0 Å². The van der Waals surface area contributed by atoms with Crippen LogP contribution in [0.4, 0.5) is 0 Å². The van der Waals surface area contributed by atoms with Gasteiger partial charge in [-0.2, -0.15) is 0 Å². The second-order valence-electron chi connectivity index (χ2n) is 6.99. The van der Waals surface area contributed by atoms with Crippen LogP contribution in [0.5, 0.6) is 0 Å². The van der Waals surface area contributed by atoms with Gasteiger partial charge in [0.1, 0.15) is 0 Å². The Kier molecular flexibility index (Phi) is 3.76. The van der Waals surface area contributed by atoms with Gasteiger partial charge in [-0.1, -0.05) is 61.5 Å². The van der Waals surface area contributed by atoms with Crippen LogP contribution >= 0.6 is 0 Å². The molecule has 2 atom stereocenters. The largest absolute Gasteiger partial charge is 0.305 e. The number of carbonyl (C=O) groups is 1. The number of benzene rings is 2. The predicted molar refractivity (Wildman–Crippen MR) is 97.2 cm³/mol. The molecule has 1 aliphatic heterocycles. The number of hydrogen-bond acceptors (Lipinski definition) is 1. The molecule has 2 heteroatoms. The highest BCUT2D eigenvalue weighted by Gasteiger charge is 2.37. The third kappa shape index (κ3) is 2.37. The van der Waals surface area contributed by atoms with Crippen molar-refractivity contribution in [3.8, 4) is 0 Å². The van der Waals surface area contributed by atoms with E-state index in [2.05, 4.69) is 55.1 Å². The Morgan fingerprint density at radius 3 is 2.50 bits per heavy atom. The number of rotatable bonds is 2. The molecule has 1 heterocycles. The molecule has 2 nitrogen and oxygen atoms in total. The van der Waals surface area contributed by atoms with Crippen LogP contribution in [0.3, 0.4) is 0 Å². The van der Waals surface area contributed by atoms with Gasteiger partial charge in [0.05, 0.1) is 11.7 Å². The molecular weight excluding hydrogens is 294 g/mol. The summed E-state index contributed by atoms with van der Waals surface area (Å²) in [5, 5.41) is 0. The molecular formula is C22H23NO. The summed E-state index contributed by atoms with van der Waals surface area (Å²) in [4.78, 5) is 15.0. The third-order valence-corrected chi connectivity index (χ3v) is 5.49. The minimum absolute atomic E-state index is 0.0577. The zero-order valence-corrected chi connectivity index (χ0v) is 14.3. The topological polar surface area (TPSA) is 20.3 Å². The number of nitrogens with zero attached hydrogens (tertiary/aromatic N) is 1. The van der Waals surface area contributed by atoms with Gasteiger partial charge < -0.3 is 4.90 Å². The number of allylic oxidation sites excluding steroid dienone is 1. The monoisotopic (exact) mass is 317 g/mol. The van der Waals surface area contributed by atoms with E-state index in [1.807, 2.05) is 18.2 Å². The van der Waals surface area contributed by atoms with Gasteiger partial charge in [-0.15, -0.1) is 0 Å². The van der Waals surface area contributed by atoms with Crippen LogP contribution in [0.15, 0.2) is 60.2 Å². The Morgan fingerprint density at radius 2 is 1.71 bits per heavy atom. The van der Waals surface area contributed by atoms with Crippen LogP contribution < -0.4 is 0 Å². The molecule has 0 saturated carbocycles. The van der Waals surface area contributed by atoms with Crippen molar-refractivity contribution < 1.29 is 4.79 Å². The summed E-state index contributed by atoms with van der Waals surface area (Å²) in [5.41, 5.74) is 6.44.